The highest BCUT2D eigenvalue weighted by molar-refractivity contribution is 7.18. The molecule has 1 aliphatic heterocycles. The quantitative estimate of drug-likeness (QED) is 0.554. The number of methoxy groups -OCH3 is 1. The van der Waals surface area contributed by atoms with Crippen LogP contribution in [0.1, 0.15) is 17.8 Å². The molecule has 0 aromatic carbocycles. The third kappa shape index (κ3) is 4.78. The summed E-state index contributed by atoms with van der Waals surface area (Å²) in [6, 6.07) is 8.20. The van der Waals surface area contributed by atoms with Crippen LogP contribution < -0.4 is 4.90 Å². The Balaban J connectivity index is 0.000000431. The zero-order chi connectivity index (χ0) is 20.8. The van der Waals surface area contributed by atoms with Crippen LogP contribution in [-0.4, -0.2) is 42.3 Å². The zero-order valence-corrected chi connectivity index (χ0v) is 18.0. The molecule has 0 spiro atoms. The van der Waals surface area contributed by atoms with Crippen molar-refractivity contribution in [1.82, 2.24) is 15.0 Å². The Hall–Kier alpha value is -2.83. The number of hydrogen-bond acceptors (Lipinski definition) is 6. The average Bonchev–Trinajstić information content (AvgIpc) is 3.14. The van der Waals surface area contributed by atoms with Crippen LogP contribution >= 0.6 is 11.3 Å². The fourth-order valence-corrected chi connectivity index (χ4v) is 4.08. The molecule has 0 amide bonds. The van der Waals surface area contributed by atoms with E-state index in [0.717, 1.165) is 56.8 Å². The summed E-state index contributed by atoms with van der Waals surface area (Å²) in [6.07, 6.45) is 6.29. The van der Waals surface area contributed by atoms with Crippen molar-refractivity contribution in [1.29, 1.82) is 0 Å². The van der Waals surface area contributed by atoms with Crippen molar-refractivity contribution in [3.8, 4) is 21.1 Å². The van der Waals surface area contributed by atoms with E-state index in [1.165, 1.54) is 0 Å². The minimum Gasteiger partial charge on any atom is -0.381 e. The minimum atomic E-state index is 0.653. The molecule has 0 radical (unpaired) electrons. The Bertz CT molecular complexity index is 997. The van der Waals surface area contributed by atoms with Gasteiger partial charge >= 0.3 is 0 Å². The number of anilines is 1. The van der Waals surface area contributed by atoms with Crippen LogP contribution in [0, 0.1) is 6.92 Å². The lowest BCUT2D eigenvalue weighted by Crippen LogP contribution is -2.24. The number of aromatic nitrogens is 3. The van der Waals surface area contributed by atoms with Gasteiger partial charge in [-0.2, -0.15) is 0 Å². The molecule has 6 heteroatoms. The Morgan fingerprint density at radius 1 is 1.28 bits per heavy atom. The molecule has 0 fully saturated rings. The lowest BCUT2D eigenvalue weighted by atomic mass is 10.0. The fourth-order valence-electron chi connectivity index (χ4n) is 3.05. The standard InChI is InChI=1S/C19H18N4S.C4H8O/c1-12-8-10-23(3)16-7-6-15(22-17(12)16)18-13(2)21-19(24-18)14-5-4-9-20-11-14;1-3-4-5-2/h4-7,9,11H,1,8,10H2,2-3H3;3H,1,4H2,2H3. The summed E-state index contributed by atoms with van der Waals surface area (Å²) in [6.45, 7) is 11.3. The highest BCUT2D eigenvalue weighted by Crippen LogP contribution is 2.37. The molecule has 0 bridgehead atoms. The Morgan fingerprint density at radius 2 is 2.10 bits per heavy atom. The summed E-state index contributed by atoms with van der Waals surface area (Å²) in [5.74, 6) is 0. The zero-order valence-electron chi connectivity index (χ0n) is 17.2. The maximum atomic E-state index is 4.90. The third-order valence-corrected chi connectivity index (χ3v) is 5.82. The van der Waals surface area contributed by atoms with Crippen LogP contribution in [-0.2, 0) is 4.74 Å². The predicted octanol–water partition coefficient (Wildman–Crippen LogP) is 5.25. The van der Waals surface area contributed by atoms with Crippen molar-refractivity contribution >= 4 is 22.6 Å². The Morgan fingerprint density at radius 3 is 2.76 bits per heavy atom. The number of rotatable bonds is 4. The molecule has 0 unspecified atom stereocenters. The number of hydrogen-bond donors (Lipinski definition) is 0. The molecule has 5 nitrogen and oxygen atoms in total. The van der Waals surface area contributed by atoms with E-state index in [4.69, 9.17) is 9.97 Å². The molecule has 3 aromatic rings. The Labute approximate surface area is 176 Å². The van der Waals surface area contributed by atoms with Crippen LogP contribution in [0.25, 0.3) is 26.7 Å². The topological polar surface area (TPSA) is 51.1 Å². The maximum absolute atomic E-state index is 4.90. The van der Waals surface area contributed by atoms with Crippen molar-refractivity contribution in [2.75, 3.05) is 32.2 Å². The molecule has 0 saturated heterocycles. The Kier molecular flexibility index (Phi) is 6.90. The highest BCUT2D eigenvalue weighted by Gasteiger charge is 2.20. The summed E-state index contributed by atoms with van der Waals surface area (Å²) in [7, 11) is 3.74. The number of aryl methyl sites for hydroxylation is 1. The lowest BCUT2D eigenvalue weighted by molar-refractivity contribution is 0.234. The van der Waals surface area contributed by atoms with Gasteiger partial charge in [0.2, 0.25) is 0 Å². The first kappa shape index (κ1) is 20.9. The van der Waals surface area contributed by atoms with Crippen molar-refractivity contribution in [2.24, 2.45) is 0 Å². The molecule has 4 rings (SSSR count). The summed E-state index contributed by atoms with van der Waals surface area (Å²) >= 11 is 1.66. The molecule has 29 heavy (non-hydrogen) atoms. The van der Waals surface area contributed by atoms with Gasteiger partial charge in [0.05, 0.1) is 34.3 Å². The first-order chi connectivity index (χ1) is 14.0. The first-order valence-corrected chi connectivity index (χ1v) is 10.2. The van der Waals surface area contributed by atoms with Gasteiger partial charge in [0, 0.05) is 38.7 Å². The summed E-state index contributed by atoms with van der Waals surface area (Å²) in [4.78, 5) is 17.1. The van der Waals surface area contributed by atoms with E-state index in [1.807, 2.05) is 25.3 Å². The van der Waals surface area contributed by atoms with Crippen molar-refractivity contribution in [3.63, 3.8) is 0 Å². The third-order valence-electron chi connectivity index (χ3n) is 4.59. The average molecular weight is 407 g/mol. The molecule has 0 aliphatic carbocycles. The normalized spacial score (nSPS) is 12.8. The SMILES string of the molecule is C=C1CCN(C)c2ccc(-c3sc(-c4cccnc4)nc3C)nc21.C=CCOC. The lowest BCUT2D eigenvalue weighted by Gasteiger charge is -2.28. The smallest absolute Gasteiger partial charge is 0.125 e. The van der Waals surface area contributed by atoms with E-state index in [-0.39, 0.29) is 0 Å². The van der Waals surface area contributed by atoms with Crippen LogP contribution in [0.5, 0.6) is 0 Å². The van der Waals surface area contributed by atoms with E-state index < -0.39 is 0 Å². The molecular weight excluding hydrogens is 380 g/mol. The van der Waals surface area contributed by atoms with Gasteiger partial charge < -0.3 is 9.64 Å². The molecule has 0 N–H and O–H groups in total. The molecule has 1 aliphatic rings. The number of thiazole rings is 1. The summed E-state index contributed by atoms with van der Waals surface area (Å²) in [5, 5.41) is 0.978. The second-order valence-corrected chi connectivity index (χ2v) is 7.76. The van der Waals surface area contributed by atoms with Gasteiger partial charge in [0.25, 0.3) is 0 Å². The second-order valence-electron chi connectivity index (χ2n) is 6.76. The van der Waals surface area contributed by atoms with Gasteiger partial charge in [-0.1, -0.05) is 12.7 Å². The summed E-state index contributed by atoms with van der Waals surface area (Å²) < 4.78 is 4.57. The number of pyridine rings is 2. The van der Waals surface area contributed by atoms with Crippen molar-refractivity contribution in [2.45, 2.75) is 13.3 Å². The number of fused-ring (bicyclic) bond motifs is 1. The molecule has 0 atom stereocenters. The van der Waals surface area contributed by atoms with E-state index in [0.29, 0.717) is 6.61 Å². The van der Waals surface area contributed by atoms with Crippen LogP contribution in [0.4, 0.5) is 5.69 Å². The molecule has 150 valence electrons. The molecule has 4 heterocycles. The van der Waals surface area contributed by atoms with Crippen molar-refractivity contribution < 1.29 is 4.74 Å². The predicted molar refractivity (Wildman–Crippen MR) is 122 cm³/mol. The van der Waals surface area contributed by atoms with Crippen LogP contribution in [0.2, 0.25) is 0 Å². The minimum absolute atomic E-state index is 0.653. The summed E-state index contributed by atoms with van der Waals surface area (Å²) in [5.41, 5.74) is 6.29. The van der Waals surface area contributed by atoms with Crippen molar-refractivity contribution in [3.05, 3.63) is 67.3 Å². The van der Waals surface area contributed by atoms with Crippen LogP contribution in [0.15, 0.2) is 55.9 Å². The maximum Gasteiger partial charge on any atom is 0.125 e. The van der Waals surface area contributed by atoms with Crippen LogP contribution in [0.3, 0.4) is 0 Å². The van der Waals surface area contributed by atoms with Gasteiger partial charge in [0.15, 0.2) is 0 Å². The largest absolute Gasteiger partial charge is 0.381 e. The highest BCUT2D eigenvalue weighted by atomic mass is 32.1. The second kappa shape index (κ2) is 9.58. The molecule has 3 aromatic heterocycles. The molecular formula is C23H26N4OS. The number of nitrogens with zero attached hydrogens (tertiary/aromatic N) is 4. The van der Waals surface area contributed by atoms with E-state index in [2.05, 4.69) is 47.0 Å². The van der Waals surface area contributed by atoms with Gasteiger partial charge in [-0.25, -0.2) is 9.97 Å². The fraction of sp³-hybridized carbons (Fsp3) is 0.261. The van der Waals surface area contributed by atoms with Gasteiger partial charge in [-0.05, 0) is 43.2 Å². The van der Waals surface area contributed by atoms with Gasteiger partial charge in [0.1, 0.15) is 5.01 Å². The first-order valence-electron chi connectivity index (χ1n) is 9.43. The monoisotopic (exact) mass is 406 g/mol. The van der Waals surface area contributed by atoms with Gasteiger partial charge in [-0.15, -0.1) is 17.9 Å². The van der Waals surface area contributed by atoms with E-state index in [1.54, 1.807) is 30.7 Å². The number of ether oxygens (including phenoxy) is 1. The molecule has 0 saturated carbocycles. The van der Waals surface area contributed by atoms with E-state index in [9.17, 15) is 0 Å². The van der Waals surface area contributed by atoms with Gasteiger partial charge in [-0.3, -0.25) is 4.98 Å². The van der Waals surface area contributed by atoms with E-state index >= 15 is 0 Å².